The normalized spacial score (nSPS) is 13.0. The molecule has 3 aromatic rings. The number of nitrogens with zero attached hydrogens (tertiary/aromatic N) is 4. The molecular formula is C19H20F6N5O4PS. The number of ether oxygens (including phenoxy) is 1. The third-order valence-electron chi connectivity index (χ3n) is 4.26. The van der Waals surface area contributed by atoms with E-state index in [1.165, 1.54) is 22.7 Å². The first kappa shape index (κ1) is 28.2. The Labute approximate surface area is 204 Å². The van der Waals surface area contributed by atoms with Crippen molar-refractivity contribution in [1.82, 2.24) is 19.5 Å². The number of aromatic nitrogens is 4. The van der Waals surface area contributed by atoms with Gasteiger partial charge in [0.1, 0.15) is 16.9 Å². The van der Waals surface area contributed by atoms with E-state index in [4.69, 9.17) is 10.5 Å². The predicted octanol–water partition coefficient (Wildman–Crippen LogP) is 5.19. The van der Waals surface area contributed by atoms with Crippen molar-refractivity contribution in [2.75, 3.05) is 31.9 Å². The summed E-state index contributed by atoms with van der Waals surface area (Å²) in [6, 6.07) is 7.65. The predicted molar refractivity (Wildman–Crippen MR) is 117 cm³/mol. The van der Waals surface area contributed by atoms with Gasteiger partial charge in [-0.05, 0) is 19.1 Å². The van der Waals surface area contributed by atoms with Crippen LogP contribution in [0.15, 0.2) is 40.5 Å². The Kier molecular flexibility index (Phi) is 8.88. The highest BCUT2D eigenvalue weighted by Crippen LogP contribution is 2.50. The van der Waals surface area contributed by atoms with E-state index >= 15 is 0 Å². The van der Waals surface area contributed by atoms with E-state index in [1.807, 2.05) is 31.2 Å². The molecule has 1 aromatic carbocycles. The van der Waals surface area contributed by atoms with E-state index in [2.05, 4.69) is 24.0 Å². The first-order valence-electron chi connectivity index (χ1n) is 10.1. The van der Waals surface area contributed by atoms with Crippen LogP contribution in [0.4, 0.5) is 32.3 Å². The summed E-state index contributed by atoms with van der Waals surface area (Å²) in [4.78, 5) is 13.5. The zero-order chi connectivity index (χ0) is 26.6. The molecule has 0 fully saturated rings. The maximum Gasteiger partial charge on any atom is 0.412 e. The Morgan fingerprint density at radius 3 is 2.22 bits per heavy atom. The summed E-state index contributed by atoms with van der Waals surface area (Å²) in [5.41, 5.74) is 7.64. The van der Waals surface area contributed by atoms with E-state index < -0.39 is 39.5 Å². The highest BCUT2D eigenvalue weighted by molar-refractivity contribution is 7.99. The zero-order valence-corrected chi connectivity index (χ0v) is 20.3. The number of alkyl halides is 6. The van der Waals surface area contributed by atoms with Gasteiger partial charge in [0.2, 0.25) is 5.95 Å². The van der Waals surface area contributed by atoms with Gasteiger partial charge in [-0.2, -0.15) is 31.3 Å². The number of fused-ring (bicyclic) bond motifs is 1. The molecule has 2 heterocycles. The summed E-state index contributed by atoms with van der Waals surface area (Å²) in [5.74, 6) is -0.0367. The lowest BCUT2D eigenvalue weighted by Gasteiger charge is -2.20. The van der Waals surface area contributed by atoms with Crippen molar-refractivity contribution in [2.24, 2.45) is 0 Å². The fourth-order valence-corrected chi connectivity index (χ4v) is 4.82. The van der Waals surface area contributed by atoms with Gasteiger partial charge in [-0.1, -0.05) is 29.5 Å². The molecule has 9 nitrogen and oxygen atoms in total. The lowest BCUT2D eigenvalue weighted by atomic mass is 10.2. The molecule has 2 aromatic heterocycles. The molecule has 3 rings (SSSR count). The Bertz CT molecular complexity index is 1200. The van der Waals surface area contributed by atoms with E-state index in [-0.39, 0.29) is 19.1 Å². The van der Waals surface area contributed by atoms with Crippen LogP contribution in [-0.4, -0.2) is 58.0 Å². The lowest BCUT2D eigenvalue weighted by Crippen LogP contribution is -2.21. The number of nitrogen functional groups attached to an aromatic ring is 1. The second kappa shape index (κ2) is 11.3. The minimum absolute atomic E-state index is 0.000132. The lowest BCUT2D eigenvalue weighted by molar-refractivity contribution is -0.166. The monoisotopic (exact) mass is 559 g/mol. The molecule has 0 atom stereocenters. The molecule has 0 aliphatic rings. The standard InChI is InChI=1S/C19H20F6N5O4PS/c1-12-2-4-13(5-3-12)36-16-14-15(28-17(26)29-16)30(10-27-14)6-7-32-11-35(31,33-8-18(20,21)22)34-9-19(23,24)25/h2-5,10H,6-9,11H2,1H3,(H2,26,28,29). The van der Waals surface area contributed by atoms with Gasteiger partial charge in [0, 0.05) is 11.4 Å². The number of nitrogens with two attached hydrogens (primary N) is 1. The molecule has 36 heavy (non-hydrogen) atoms. The van der Waals surface area contributed by atoms with Crippen LogP contribution in [0, 0.1) is 6.92 Å². The van der Waals surface area contributed by atoms with Gasteiger partial charge in [-0.15, -0.1) is 0 Å². The second-order valence-corrected chi connectivity index (χ2v) is 10.4. The van der Waals surface area contributed by atoms with Crippen LogP contribution in [-0.2, 0) is 24.9 Å². The molecule has 0 spiro atoms. The molecule has 17 heteroatoms. The van der Waals surface area contributed by atoms with Crippen molar-refractivity contribution in [2.45, 2.75) is 35.7 Å². The van der Waals surface area contributed by atoms with Crippen LogP contribution in [0.1, 0.15) is 5.56 Å². The van der Waals surface area contributed by atoms with Gasteiger partial charge in [0.05, 0.1) is 12.9 Å². The number of aryl methyl sites for hydroxylation is 1. The average Bonchev–Trinajstić information content (AvgIpc) is 3.18. The van der Waals surface area contributed by atoms with Crippen LogP contribution in [0.5, 0.6) is 0 Å². The minimum atomic E-state index is -4.93. The minimum Gasteiger partial charge on any atom is -0.368 e. The van der Waals surface area contributed by atoms with Gasteiger partial charge in [-0.25, -0.2) is 9.97 Å². The molecule has 198 valence electrons. The van der Waals surface area contributed by atoms with Crippen LogP contribution in [0.25, 0.3) is 11.2 Å². The Morgan fingerprint density at radius 2 is 1.64 bits per heavy atom. The third-order valence-corrected chi connectivity index (χ3v) is 6.79. The molecule has 0 saturated heterocycles. The van der Waals surface area contributed by atoms with Crippen molar-refractivity contribution >= 4 is 36.5 Å². The first-order chi connectivity index (χ1) is 16.7. The molecule has 0 aliphatic carbocycles. The van der Waals surface area contributed by atoms with Crippen LogP contribution >= 0.6 is 19.4 Å². The van der Waals surface area contributed by atoms with Gasteiger partial charge in [0.15, 0.2) is 18.9 Å². The van der Waals surface area contributed by atoms with Gasteiger partial charge in [0.25, 0.3) is 0 Å². The van der Waals surface area contributed by atoms with E-state index in [0.29, 0.717) is 16.2 Å². The highest BCUT2D eigenvalue weighted by Gasteiger charge is 2.38. The molecule has 0 aliphatic heterocycles. The van der Waals surface area contributed by atoms with Crippen LogP contribution in [0.2, 0.25) is 0 Å². The summed E-state index contributed by atoms with van der Waals surface area (Å²) in [6.45, 7) is -2.46. The third kappa shape index (κ3) is 8.62. The summed E-state index contributed by atoms with van der Waals surface area (Å²) in [6.07, 6.45) is -9.60. The maximum absolute atomic E-state index is 12.4. The second-order valence-electron chi connectivity index (χ2n) is 7.34. The number of halogens is 6. The van der Waals surface area contributed by atoms with Crippen molar-refractivity contribution in [3.63, 3.8) is 0 Å². The fraction of sp³-hybridized carbons (Fsp3) is 0.421. The van der Waals surface area contributed by atoms with Gasteiger partial charge >= 0.3 is 19.9 Å². The van der Waals surface area contributed by atoms with E-state index in [0.717, 1.165) is 10.5 Å². The van der Waals surface area contributed by atoms with E-state index in [1.54, 1.807) is 0 Å². The number of anilines is 1. The van der Waals surface area contributed by atoms with Gasteiger partial charge < -0.3 is 15.0 Å². The number of imidazole rings is 1. The molecule has 0 unspecified atom stereocenters. The first-order valence-corrected chi connectivity index (χ1v) is 12.6. The zero-order valence-electron chi connectivity index (χ0n) is 18.5. The number of hydrogen-bond acceptors (Lipinski definition) is 9. The summed E-state index contributed by atoms with van der Waals surface area (Å²) < 4.78 is 102. The van der Waals surface area contributed by atoms with Gasteiger partial charge in [-0.3, -0.25) is 13.6 Å². The summed E-state index contributed by atoms with van der Waals surface area (Å²) in [7, 11) is -4.86. The smallest absolute Gasteiger partial charge is 0.368 e. The average molecular weight is 559 g/mol. The number of hydrogen-bond donors (Lipinski definition) is 1. The molecule has 0 radical (unpaired) electrons. The summed E-state index contributed by atoms with van der Waals surface area (Å²) >= 11 is 1.31. The maximum atomic E-state index is 12.4. The Morgan fingerprint density at radius 1 is 1.03 bits per heavy atom. The SMILES string of the molecule is Cc1ccc(Sc2nc(N)nc3c2ncn3CCOCP(=O)(OCC(F)(F)F)OCC(F)(F)F)cc1. The van der Waals surface area contributed by atoms with Crippen molar-refractivity contribution in [3.05, 3.63) is 36.2 Å². The van der Waals surface area contributed by atoms with Crippen molar-refractivity contribution in [3.8, 4) is 0 Å². The Hall–Kier alpha value is -2.39. The van der Waals surface area contributed by atoms with Crippen molar-refractivity contribution in [1.29, 1.82) is 0 Å². The molecule has 0 bridgehead atoms. The van der Waals surface area contributed by atoms with Crippen LogP contribution < -0.4 is 5.73 Å². The molecular weight excluding hydrogens is 539 g/mol. The molecule has 0 amide bonds. The molecule has 0 saturated carbocycles. The number of benzene rings is 1. The molecule has 2 N–H and O–H groups in total. The topological polar surface area (TPSA) is 114 Å². The van der Waals surface area contributed by atoms with Crippen molar-refractivity contribution < 1.29 is 44.7 Å². The largest absolute Gasteiger partial charge is 0.412 e. The fourth-order valence-electron chi connectivity index (χ4n) is 2.68. The number of rotatable bonds is 11. The summed E-state index contributed by atoms with van der Waals surface area (Å²) in [5, 5.41) is 0.478. The Balaban J connectivity index is 1.66. The van der Waals surface area contributed by atoms with Crippen LogP contribution in [0.3, 0.4) is 0 Å². The van der Waals surface area contributed by atoms with E-state index in [9.17, 15) is 30.9 Å². The quantitative estimate of drug-likeness (QED) is 0.147. The highest BCUT2D eigenvalue weighted by atomic mass is 32.2.